The van der Waals surface area contributed by atoms with E-state index < -0.39 is 0 Å². The lowest BCUT2D eigenvalue weighted by Gasteiger charge is -2.43. The first-order valence-corrected chi connectivity index (χ1v) is 10.1. The Bertz CT molecular complexity index is 707. The number of rotatable bonds is 5. The van der Waals surface area contributed by atoms with Gasteiger partial charge in [-0.3, -0.25) is 9.88 Å². The van der Waals surface area contributed by atoms with E-state index in [0.717, 1.165) is 63.7 Å². The molecule has 0 atom stereocenters. The van der Waals surface area contributed by atoms with Gasteiger partial charge in [-0.25, -0.2) is 15.0 Å². The highest BCUT2D eigenvalue weighted by Gasteiger charge is 2.28. The largest absolute Gasteiger partial charge is 0.356 e. The molecule has 0 radical (unpaired) electrons. The second kappa shape index (κ2) is 8.61. The number of hydrogen-bond acceptors (Lipinski definition) is 7. The third kappa shape index (κ3) is 4.18. The van der Waals surface area contributed by atoms with Crippen molar-refractivity contribution in [2.45, 2.75) is 38.6 Å². The Morgan fingerprint density at radius 2 is 1.70 bits per heavy atom. The molecule has 4 heterocycles. The standard InChI is InChI=1S/C20H29N7/c1-2-3-17-14-22-16-24-20(17)27-8-4-18(5-9-27)25-10-12-26(13-11-25)19-15-21-6-7-23-19/h6-7,14-16,18H,2-5,8-13H2,1H3. The molecule has 0 aliphatic carbocycles. The van der Waals surface area contributed by atoms with E-state index in [-0.39, 0.29) is 0 Å². The van der Waals surface area contributed by atoms with Gasteiger partial charge in [-0.15, -0.1) is 0 Å². The lowest BCUT2D eigenvalue weighted by molar-refractivity contribution is 0.159. The fraction of sp³-hybridized carbons (Fsp3) is 0.600. The zero-order chi connectivity index (χ0) is 18.5. The minimum Gasteiger partial charge on any atom is -0.356 e. The molecule has 2 fully saturated rings. The summed E-state index contributed by atoms with van der Waals surface area (Å²) in [5.41, 5.74) is 1.29. The smallest absolute Gasteiger partial charge is 0.147 e. The monoisotopic (exact) mass is 367 g/mol. The molecule has 2 aromatic heterocycles. The van der Waals surface area contributed by atoms with Crippen molar-refractivity contribution >= 4 is 11.6 Å². The van der Waals surface area contributed by atoms with E-state index in [2.05, 4.69) is 41.6 Å². The van der Waals surface area contributed by atoms with E-state index in [0.29, 0.717) is 6.04 Å². The summed E-state index contributed by atoms with van der Waals surface area (Å²) in [5.74, 6) is 2.15. The number of anilines is 2. The summed E-state index contributed by atoms with van der Waals surface area (Å²) >= 11 is 0. The van der Waals surface area contributed by atoms with Gasteiger partial charge in [0.15, 0.2) is 0 Å². The average Bonchev–Trinajstić information content (AvgIpc) is 2.75. The van der Waals surface area contributed by atoms with Crippen molar-refractivity contribution in [1.29, 1.82) is 0 Å². The summed E-state index contributed by atoms with van der Waals surface area (Å²) in [6, 6.07) is 0.682. The minimum atomic E-state index is 0.682. The van der Waals surface area contributed by atoms with Gasteiger partial charge in [-0.05, 0) is 19.3 Å². The Balaban J connectivity index is 1.30. The SMILES string of the molecule is CCCc1cncnc1N1CCC(N2CCN(c3cnccn3)CC2)CC1. The van der Waals surface area contributed by atoms with Crippen LogP contribution >= 0.6 is 0 Å². The van der Waals surface area contributed by atoms with Gasteiger partial charge in [0.25, 0.3) is 0 Å². The third-order valence-corrected chi connectivity index (χ3v) is 5.75. The molecule has 7 heteroatoms. The molecule has 0 amide bonds. The molecule has 0 saturated carbocycles. The van der Waals surface area contributed by atoms with Crippen molar-refractivity contribution < 1.29 is 0 Å². The summed E-state index contributed by atoms with van der Waals surface area (Å²) in [6.07, 6.45) is 13.7. The van der Waals surface area contributed by atoms with Crippen molar-refractivity contribution in [2.24, 2.45) is 0 Å². The summed E-state index contributed by atoms with van der Waals surface area (Å²) in [6.45, 7) is 8.66. The van der Waals surface area contributed by atoms with E-state index >= 15 is 0 Å². The van der Waals surface area contributed by atoms with Crippen molar-refractivity contribution in [2.75, 3.05) is 49.1 Å². The Morgan fingerprint density at radius 1 is 0.889 bits per heavy atom. The van der Waals surface area contributed by atoms with Crippen LogP contribution in [0.5, 0.6) is 0 Å². The molecule has 0 aromatic carbocycles. The molecule has 0 spiro atoms. The Morgan fingerprint density at radius 3 is 2.41 bits per heavy atom. The lowest BCUT2D eigenvalue weighted by atomic mass is 10.0. The molecule has 2 aliphatic heterocycles. The maximum absolute atomic E-state index is 4.58. The molecule has 0 N–H and O–H groups in total. The van der Waals surface area contributed by atoms with Crippen LogP contribution in [-0.2, 0) is 6.42 Å². The zero-order valence-electron chi connectivity index (χ0n) is 16.2. The van der Waals surface area contributed by atoms with Gasteiger partial charge in [-0.2, -0.15) is 0 Å². The van der Waals surface area contributed by atoms with Gasteiger partial charge in [0.1, 0.15) is 18.0 Å². The second-order valence-electron chi connectivity index (χ2n) is 7.43. The summed E-state index contributed by atoms with van der Waals surface area (Å²) in [7, 11) is 0. The second-order valence-corrected chi connectivity index (χ2v) is 7.43. The van der Waals surface area contributed by atoms with Crippen molar-refractivity contribution in [1.82, 2.24) is 24.8 Å². The Labute approximate surface area is 161 Å². The molecule has 0 unspecified atom stereocenters. The molecular weight excluding hydrogens is 338 g/mol. The number of piperidine rings is 1. The van der Waals surface area contributed by atoms with Crippen LogP contribution in [0.2, 0.25) is 0 Å². The maximum Gasteiger partial charge on any atom is 0.147 e. The van der Waals surface area contributed by atoms with Crippen LogP contribution in [0.3, 0.4) is 0 Å². The quantitative estimate of drug-likeness (QED) is 0.801. The van der Waals surface area contributed by atoms with Gasteiger partial charge in [0.2, 0.25) is 0 Å². The molecule has 2 aromatic rings. The Kier molecular flexibility index (Phi) is 5.77. The number of piperazine rings is 1. The number of hydrogen-bond donors (Lipinski definition) is 0. The van der Waals surface area contributed by atoms with Crippen LogP contribution in [-0.4, -0.2) is 70.1 Å². The molecule has 0 bridgehead atoms. The highest BCUT2D eigenvalue weighted by Crippen LogP contribution is 2.25. The van der Waals surface area contributed by atoms with Crippen LogP contribution in [0.4, 0.5) is 11.6 Å². The van der Waals surface area contributed by atoms with Crippen LogP contribution in [0.15, 0.2) is 31.1 Å². The first-order chi connectivity index (χ1) is 13.3. The average molecular weight is 368 g/mol. The third-order valence-electron chi connectivity index (χ3n) is 5.75. The van der Waals surface area contributed by atoms with Gasteiger partial charge in [-0.1, -0.05) is 13.3 Å². The zero-order valence-corrected chi connectivity index (χ0v) is 16.2. The lowest BCUT2D eigenvalue weighted by Crippen LogP contribution is -2.53. The first-order valence-electron chi connectivity index (χ1n) is 10.1. The van der Waals surface area contributed by atoms with Crippen LogP contribution in [0.1, 0.15) is 31.7 Å². The predicted molar refractivity (Wildman–Crippen MR) is 107 cm³/mol. The van der Waals surface area contributed by atoms with Gasteiger partial charge < -0.3 is 9.80 Å². The number of aromatic nitrogens is 4. The molecule has 144 valence electrons. The molecule has 2 aliphatic rings. The van der Waals surface area contributed by atoms with Crippen LogP contribution < -0.4 is 9.80 Å². The molecule has 27 heavy (non-hydrogen) atoms. The first kappa shape index (κ1) is 18.1. The van der Waals surface area contributed by atoms with E-state index in [1.54, 1.807) is 18.7 Å². The number of nitrogens with zero attached hydrogens (tertiary/aromatic N) is 7. The van der Waals surface area contributed by atoms with Crippen LogP contribution in [0, 0.1) is 0 Å². The van der Waals surface area contributed by atoms with Gasteiger partial charge in [0, 0.05) is 69.5 Å². The summed E-state index contributed by atoms with van der Waals surface area (Å²) in [5, 5.41) is 0. The number of aryl methyl sites for hydroxylation is 1. The minimum absolute atomic E-state index is 0.682. The van der Waals surface area contributed by atoms with Crippen molar-refractivity contribution in [3.63, 3.8) is 0 Å². The van der Waals surface area contributed by atoms with E-state index in [1.165, 1.54) is 18.4 Å². The normalized spacial score (nSPS) is 19.4. The molecule has 7 nitrogen and oxygen atoms in total. The van der Waals surface area contributed by atoms with E-state index in [4.69, 9.17) is 0 Å². The predicted octanol–water partition coefficient (Wildman–Crippen LogP) is 2.01. The molecular formula is C20H29N7. The van der Waals surface area contributed by atoms with Gasteiger partial charge in [0.05, 0.1) is 6.20 Å². The molecule has 2 saturated heterocycles. The van der Waals surface area contributed by atoms with E-state index in [9.17, 15) is 0 Å². The highest BCUT2D eigenvalue weighted by molar-refractivity contribution is 5.46. The summed E-state index contributed by atoms with van der Waals surface area (Å²) in [4.78, 5) is 24.9. The maximum atomic E-state index is 4.58. The molecule has 4 rings (SSSR count). The van der Waals surface area contributed by atoms with Gasteiger partial charge >= 0.3 is 0 Å². The van der Waals surface area contributed by atoms with E-state index in [1.807, 2.05) is 12.4 Å². The highest BCUT2D eigenvalue weighted by atomic mass is 15.3. The van der Waals surface area contributed by atoms with Crippen molar-refractivity contribution in [3.8, 4) is 0 Å². The Hall–Kier alpha value is -2.28. The van der Waals surface area contributed by atoms with Crippen molar-refractivity contribution in [3.05, 3.63) is 36.7 Å². The van der Waals surface area contributed by atoms with Crippen LogP contribution in [0.25, 0.3) is 0 Å². The summed E-state index contributed by atoms with van der Waals surface area (Å²) < 4.78 is 0. The fourth-order valence-corrected chi connectivity index (χ4v) is 4.30. The topological polar surface area (TPSA) is 61.3 Å². The fourth-order valence-electron chi connectivity index (χ4n) is 4.30.